The highest BCUT2D eigenvalue weighted by Gasteiger charge is 2.11. The molecule has 0 saturated carbocycles. The van der Waals surface area contributed by atoms with Crippen molar-refractivity contribution < 1.29 is 0 Å². The van der Waals surface area contributed by atoms with Crippen LogP contribution in [0.3, 0.4) is 0 Å². The van der Waals surface area contributed by atoms with Gasteiger partial charge in [-0.2, -0.15) is 9.97 Å². The monoisotopic (exact) mass is 313 g/mol. The quantitative estimate of drug-likeness (QED) is 0.651. The Bertz CT molecular complexity index is 610. The van der Waals surface area contributed by atoms with Gasteiger partial charge >= 0.3 is 0 Å². The molecule has 0 aliphatic carbocycles. The number of nitrogens with one attached hydrogen (secondary N) is 1. The van der Waals surface area contributed by atoms with Gasteiger partial charge in [-0.15, -0.1) is 0 Å². The number of nitrogens with zero attached hydrogens (tertiary/aromatic N) is 2. The maximum absolute atomic E-state index is 6.03. The maximum atomic E-state index is 6.03. The fourth-order valence-corrected chi connectivity index (χ4v) is 2.49. The van der Waals surface area contributed by atoms with E-state index in [4.69, 9.17) is 11.5 Å². The third-order valence-corrected chi connectivity index (χ3v) is 3.81. The van der Waals surface area contributed by atoms with E-state index in [1.165, 1.54) is 5.56 Å². The Morgan fingerprint density at radius 1 is 1.04 bits per heavy atom. The van der Waals surface area contributed by atoms with Crippen LogP contribution in [0.4, 0.5) is 17.6 Å². The molecule has 0 unspecified atom stereocenters. The summed E-state index contributed by atoms with van der Waals surface area (Å²) in [4.78, 5) is 8.42. The van der Waals surface area contributed by atoms with Gasteiger partial charge in [-0.1, -0.05) is 44.2 Å². The molecule has 0 atom stereocenters. The second-order valence-electron chi connectivity index (χ2n) is 6.24. The summed E-state index contributed by atoms with van der Waals surface area (Å²) in [6.45, 7) is 5.22. The highest BCUT2D eigenvalue weighted by molar-refractivity contribution is 5.58. The first kappa shape index (κ1) is 17.1. The number of nitrogens with two attached hydrogens (primary N) is 2. The van der Waals surface area contributed by atoms with E-state index in [-0.39, 0.29) is 5.95 Å². The van der Waals surface area contributed by atoms with E-state index in [9.17, 15) is 0 Å². The van der Waals surface area contributed by atoms with Crippen molar-refractivity contribution in [3.63, 3.8) is 0 Å². The number of anilines is 3. The van der Waals surface area contributed by atoms with Gasteiger partial charge in [0.1, 0.15) is 11.6 Å². The van der Waals surface area contributed by atoms with E-state index < -0.39 is 0 Å². The summed E-state index contributed by atoms with van der Waals surface area (Å²) in [6.07, 6.45) is 3.98. The van der Waals surface area contributed by atoms with Crippen molar-refractivity contribution in [1.82, 2.24) is 9.97 Å². The van der Waals surface area contributed by atoms with Crippen LogP contribution in [0.1, 0.15) is 37.8 Å². The fraction of sp³-hybridized carbons (Fsp3) is 0.444. The van der Waals surface area contributed by atoms with Crippen molar-refractivity contribution in [1.29, 1.82) is 0 Å². The van der Waals surface area contributed by atoms with E-state index in [2.05, 4.69) is 53.4 Å². The molecule has 2 aromatic rings. The summed E-state index contributed by atoms with van der Waals surface area (Å²) in [5.41, 5.74) is 14.1. The van der Waals surface area contributed by atoms with Crippen LogP contribution in [0.2, 0.25) is 0 Å². The second kappa shape index (κ2) is 8.36. The average Bonchev–Trinajstić information content (AvgIpc) is 2.51. The first-order chi connectivity index (χ1) is 11.1. The topological polar surface area (TPSA) is 89.8 Å². The molecule has 5 nitrogen and oxygen atoms in total. The van der Waals surface area contributed by atoms with E-state index in [0.717, 1.165) is 43.6 Å². The Labute approximate surface area is 138 Å². The molecule has 2 rings (SSSR count). The lowest BCUT2D eigenvalue weighted by Crippen LogP contribution is -2.13. The Kier molecular flexibility index (Phi) is 6.20. The Morgan fingerprint density at radius 2 is 1.78 bits per heavy atom. The van der Waals surface area contributed by atoms with Crippen LogP contribution in [-0.4, -0.2) is 16.5 Å². The van der Waals surface area contributed by atoms with Gasteiger partial charge < -0.3 is 16.8 Å². The molecule has 124 valence electrons. The second-order valence-corrected chi connectivity index (χ2v) is 6.24. The molecule has 23 heavy (non-hydrogen) atoms. The summed E-state index contributed by atoms with van der Waals surface area (Å²) >= 11 is 0. The average molecular weight is 313 g/mol. The summed E-state index contributed by atoms with van der Waals surface area (Å²) < 4.78 is 0. The minimum Gasteiger partial charge on any atom is -0.383 e. The molecule has 0 spiro atoms. The molecular formula is C18H27N5. The van der Waals surface area contributed by atoms with Crippen molar-refractivity contribution in [2.75, 3.05) is 23.3 Å². The van der Waals surface area contributed by atoms with Gasteiger partial charge in [-0.3, -0.25) is 0 Å². The molecular weight excluding hydrogens is 286 g/mol. The number of rotatable bonds is 8. The molecule has 0 aliphatic rings. The lowest BCUT2D eigenvalue weighted by atomic mass is 10.0. The molecule has 0 fully saturated rings. The van der Waals surface area contributed by atoms with Crippen molar-refractivity contribution in [2.45, 2.75) is 39.5 Å². The van der Waals surface area contributed by atoms with Crippen molar-refractivity contribution in [3.05, 3.63) is 41.5 Å². The largest absolute Gasteiger partial charge is 0.383 e. The molecule has 0 amide bonds. The number of hydrogen-bond acceptors (Lipinski definition) is 5. The normalized spacial score (nSPS) is 10.9. The zero-order valence-corrected chi connectivity index (χ0v) is 14.0. The van der Waals surface area contributed by atoms with Crippen LogP contribution in [0.15, 0.2) is 30.3 Å². The molecule has 5 N–H and O–H groups in total. The van der Waals surface area contributed by atoms with Gasteiger partial charge in [0, 0.05) is 12.1 Å². The number of nitrogen functional groups attached to an aromatic ring is 2. The smallest absolute Gasteiger partial charge is 0.223 e. The van der Waals surface area contributed by atoms with E-state index in [1.807, 2.05) is 6.07 Å². The summed E-state index contributed by atoms with van der Waals surface area (Å²) in [7, 11) is 0. The Hall–Kier alpha value is -2.30. The minimum atomic E-state index is 0.223. The molecule has 5 heteroatoms. The highest BCUT2D eigenvalue weighted by atomic mass is 15.1. The fourth-order valence-electron chi connectivity index (χ4n) is 2.49. The number of hydrogen-bond donors (Lipinski definition) is 3. The standard InChI is InChI=1S/C18H27N5/c1-13(2)10-11-15-16(19)22-18(20)23-17(15)21-12-6-9-14-7-4-3-5-8-14/h3-5,7-8,13H,6,9-12H2,1-2H3,(H5,19,20,21,22,23). The van der Waals surface area contributed by atoms with Gasteiger partial charge in [0.25, 0.3) is 0 Å². The number of benzene rings is 1. The third kappa shape index (κ3) is 5.43. The Balaban J connectivity index is 1.95. The van der Waals surface area contributed by atoms with Crippen LogP contribution in [0, 0.1) is 5.92 Å². The lowest BCUT2D eigenvalue weighted by molar-refractivity contribution is 0.586. The van der Waals surface area contributed by atoms with Gasteiger partial charge in [0.05, 0.1) is 0 Å². The zero-order valence-electron chi connectivity index (χ0n) is 14.0. The number of aromatic nitrogens is 2. The van der Waals surface area contributed by atoms with Gasteiger partial charge in [-0.05, 0) is 37.2 Å². The van der Waals surface area contributed by atoms with Crippen LogP contribution >= 0.6 is 0 Å². The van der Waals surface area contributed by atoms with Gasteiger partial charge in [0.15, 0.2) is 0 Å². The maximum Gasteiger partial charge on any atom is 0.223 e. The van der Waals surface area contributed by atoms with E-state index in [0.29, 0.717) is 11.7 Å². The van der Waals surface area contributed by atoms with E-state index >= 15 is 0 Å². The Morgan fingerprint density at radius 3 is 2.48 bits per heavy atom. The minimum absolute atomic E-state index is 0.223. The first-order valence-electron chi connectivity index (χ1n) is 8.26. The summed E-state index contributed by atoms with van der Waals surface area (Å²) in [6, 6.07) is 10.5. The van der Waals surface area contributed by atoms with Crippen LogP contribution < -0.4 is 16.8 Å². The predicted octanol–water partition coefficient (Wildman–Crippen LogP) is 3.27. The highest BCUT2D eigenvalue weighted by Crippen LogP contribution is 2.23. The van der Waals surface area contributed by atoms with Crippen LogP contribution in [0.5, 0.6) is 0 Å². The van der Waals surface area contributed by atoms with Crippen LogP contribution in [0.25, 0.3) is 0 Å². The van der Waals surface area contributed by atoms with Gasteiger partial charge in [-0.25, -0.2) is 0 Å². The lowest BCUT2D eigenvalue weighted by Gasteiger charge is -2.14. The van der Waals surface area contributed by atoms with Crippen LogP contribution in [-0.2, 0) is 12.8 Å². The van der Waals surface area contributed by atoms with Crippen molar-refractivity contribution in [3.8, 4) is 0 Å². The van der Waals surface area contributed by atoms with Crippen molar-refractivity contribution in [2.24, 2.45) is 5.92 Å². The predicted molar refractivity (Wildman–Crippen MR) is 97.3 cm³/mol. The molecule has 0 bridgehead atoms. The molecule has 0 saturated heterocycles. The number of aryl methyl sites for hydroxylation is 1. The molecule has 1 heterocycles. The summed E-state index contributed by atoms with van der Waals surface area (Å²) in [5.74, 6) is 2.10. The molecule has 0 radical (unpaired) electrons. The molecule has 1 aromatic heterocycles. The summed E-state index contributed by atoms with van der Waals surface area (Å²) in [5, 5.41) is 3.38. The molecule has 0 aliphatic heterocycles. The molecule has 1 aromatic carbocycles. The third-order valence-electron chi connectivity index (χ3n) is 3.81. The zero-order chi connectivity index (χ0) is 16.7. The SMILES string of the molecule is CC(C)CCc1c(N)nc(N)nc1NCCCc1ccccc1. The van der Waals surface area contributed by atoms with Gasteiger partial charge in [0.2, 0.25) is 5.95 Å². The van der Waals surface area contributed by atoms with Crippen molar-refractivity contribution >= 4 is 17.6 Å². The first-order valence-corrected chi connectivity index (χ1v) is 8.26. The van der Waals surface area contributed by atoms with E-state index in [1.54, 1.807) is 0 Å².